The van der Waals surface area contributed by atoms with Gasteiger partial charge in [-0.25, -0.2) is 4.79 Å². The van der Waals surface area contributed by atoms with Crippen LogP contribution in [0, 0.1) is 17.0 Å². The Morgan fingerprint density at radius 3 is 2.41 bits per heavy atom. The fourth-order valence-electron chi connectivity index (χ4n) is 2.32. The lowest BCUT2D eigenvalue weighted by molar-refractivity contribution is -0.385. The van der Waals surface area contributed by atoms with Crippen molar-refractivity contribution in [2.24, 2.45) is 0 Å². The predicted molar refractivity (Wildman–Crippen MR) is 94.4 cm³/mol. The molecular formula is C18H15F3N2O6. The number of carbonyl (C=O) groups is 2. The zero-order valence-corrected chi connectivity index (χ0v) is 15.1. The van der Waals surface area contributed by atoms with E-state index in [0.717, 1.165) is 19.1 Å². The van der Waals surface area contributed by atoms with Gasteiger partial charge in [0.15, 0.2) is 6.10 Å². The molecular weight excluding hydrogens is 397 g/mol. The largest absolute Gasteiger partial charge is 0.507 e. The third kappa shape index (κ3) is 5.21. The molecule has 1 atom stereocenters. The molecule has 0 heterocycles. The molecule has 29 heavy (non-hydrogen) atoms. The number of alkyl halides is 3. The van der Waals surface area contributed by atoms with Crippen molar-refractivity contribution in [3.05, 3.63) is 63.2 Å². The molecule has 2 aromatic rings. The maximum Gasteiger partial charge on any atom is 0.418 e. The van der Waals surface area contributed by atoms with E-state index < -0.39 is 46.0 Å². The zero-order valence-electron chi connectivity index (χ0n) is 15.1. The lowest BCUT2D eigenvalue weighted by atomic mass is 10.1. The van der Waals surface area contributed by atoms with Gasteiger partial charge >= 0.3 is 12.1 Å². The van der Waals surface area contributed by atoms with Crippen molar-refractivity contribution in [3.63, 3.8) is 0 Å². The highest BCUT2D eigenvalue weighted by molar-refractivity contribution is 5.98. The van der Waals surface area contributed by atoms with Gasteiger partial charge in [0, 0.05) is 12.1 Å². The molecule has 0 bridgehead atoms. The first kappa shape index (κ1) is 21.7. The number of aryl methyl sites for hydroxylation is 1. The van der Waals surface area contributed by atoms with E-state index in [9.17, 15) is 38.0 Å². The number of nitro groups is 1. The van der Waals surface area contributed by atoms with E-state index in [1.54, 1.807) is 6.92 Å². The van der Waals surface area contributed by atoms with E-state index in [1.807, 2.05) is 5.32 Å². The van der Waals surface area contributed by atoms with Crippen molar-refractivity contribution in [1.29, 1.82) is 0 Å². The standard InChI is InChI=1S/C18H15F3N2O6/c1-9-3-5-12(15(24)7-9)17(26)29-10(2)16(25)22-14-6-4-11(23(27)28)8-13(14)18(19,20)21/h3-8,10,24H,1-2H3,(H,22,25)/t10-/m0/s1. The molecule has 2 aromatic carbocycles. The van der Waals surface area contributed by atoms with Gasteiger partial charge in [-0.05, 0) is 37.6 Å². The van der Waals surface area contributed by atoms with Gasteiger partial charge < -0.3 is 15.2 Å². The van der Waals surface area contributed by atoms with Crippen LogP contribution in [0.15, 0.2) is 36.4 Å². The fourth-order valence-corrected chi connectivity index (χ4v) is 2.32. The number of hydrogen-bond donors (Lipinski definition) is 2. The molecule has 8 nitrogen and oxygen atoms in total. The number of carbonyl (C=O) groups excluding carboxylic acids is 2. The smallest absolute Gasteiger partial charge is 0.418 e. The van der Waals surface area contributed by atoms with Crippen LogP contribution in [0.4, 0.5) is 24.5 Å². The number of aromatic hydroxyl groups is 1. The first-order valence-corrected chi connectivity index (χ1v) is 8.07. The van der Waals surface area contributed by atoms with Crippen molar-refractivity contribution in [2.45, 2.75) is 26.1 Å². The number of nitrogens with zero attached hydrogens (tertiary/aromatic N) is 1. The van der Waals surface area contributed by atoms with E-state index >= 15 is 0 Å². The number of anilines is 1. The molecule has 0 aliphatic heterocycles. The summed E-state index contributed by atoms with van der Waals surface area (Å²) in [5.41, 5.74) is -2.50. The topological polar surface area (TPSA) is 119 Å². The fraction of sp³-hybridized carbons (Fsp3) is 0.222. The van der Waals surface area contributed by atoms with E-state index in [2.05, 4.69) is 0 Å². The minimum absolute atomic E-state index is 0.221. The molecule has 0 radical (unpaired) electrons. The molecule has 2 rings (SSSR count). The highest BCUT2D eigenvalue weighted by atomic mass is 19.4. The molecule has 0 aliphatic carbocycles. The lowest BCUT2D eigenvalue weighted by Crippen LogP contribution is -2.30. The Balaban J connectivity index is 2.19. The quantitative estimate of drug-likeness (QED) is 0.438. The van der Waals surface area contributed by atoms with Crippen molar-refractivity contribution in [2.75, 3.05) is 5.32 Å². The number of halogens is 3. The number of rotatable bonds is 5. The van der Waals surface area contributed by atoms with Gasteiger partial charge in [0.2, 0.25) is 0 Å². The number of amides is 1. The first-order valence-electron chi connectivity index (χ1n) is 8.07. The summed E-state index contributed by atoms with van der Waals surface area (Å²) in [7, 11) is 0. The highest BCUT2D eigenvalue weighted by Crippen LogP contribution is 2.37. The minimum atomic E-state index is -4.97. The van der Waals surface area contributed by atoms with Crippen LogP contribution in [0.2, 0.25) is 0 Å². The van der Waals surface area contributed by atoms with E-state index in [4.69, 9.17) is 4.74 Å². The lowest BCUT2D eigenvalue weighted by Gasteiger charge is -2.17. The SMILES string of the molecule is Cc1ccc(C(=O)O[C@@H](C)C(=O)Nc2ccc([N+](=O)[O-])cc2C(F)(F)F)c(O)c1. The molecule has 0 unspecified atom stereocenters. The summed E-state index contributed by atoms with van der Waals surface area (Å²) in [6.45, 7) is 2.80. The Bertz CT molecular complexity index is 975. The summed E-state index contributed by atoms with van der Waals surface area (Å²) in [6, 6.07) is 5.92. The number of benzene rings is 2. The number of phenols is 1. The number of nitro benzene ring substituents is 1. The van der Waals surface area contributed by atoms with E-state index in [0.29, 0.717) is 5.56 Å². The van der Waals surface area contributed by atoms with Crippen molar-refractivity contribution in [3.8, 4) is 5.75 Å². The van der Waals surface area contributed by atoms with Gasteiger partial charge in [0.1, 0.15) is 11.3 Å². The second kappa shape index (κ2) is 8.17. The molecule has 0 aliphatic rings. The van der Waals surface area contributed by atoms with Crippen LogP contribution in [0.1, 0.15) is 28.4 Å². The Morgan fingerprint density at radius 2 is 1.86 bits per heavy atom. The van der Waals surface area contributed by atoms with Crippen LogP contribution in [0.3, 0.4) is 0 Å². The normalized spacial score (nSPS) is 12.2. The molecule has 11 heteroatoms. The van der Waals surface area contributed by atoms with Crippen molar-refractivity contribution < 1.29 is 37.5 Å². The number of phenolic OH excluding ortho intramolecular Hbond substituents is 1. The molecule has 154 valence electrons. The maximum absolute atomic E-state index is 13.2. The summed E-state index contributed by atoms with van der Waals surface area (Å²) < 4.78 is 44.4. The van der Waals surface area contributed by atoms with Crippen LogP contribution in [0.5, 0.6) is 5.75 Å². The Labute approximate surface area is 162 Å². The van der Waals surface area contributed by atoms with Gasteiger partial charge in [-0.1, -0.05) is 6.07 Å². The average Bonchev–Trinajstić information content (AvgIpc) is 2.60. The Morgan fingerprint density at radius 1 is 1.21 bits per heavy atom. The minimum Gasteiger partial charge on any atom is -0.507 e. The van der Waals surface area contributed by atoms with Gasteiger partial charge in [-0.3, -0.25) is 14.9 Å². The van der Waals surface area contributed by atoms with Crippen molar-refractivity contribution >= 4 is 23.3 Å². The van der Waals surface area contributed by atoms with Crippen LogP contribution < -0.4 is 5.32 Å². The first-order chi connectivity index (χ1) is 13.4. The molecule has 0 spiro atoms. The monoisotopic (exact) mass is 412 g/mol. The number of nitrogens with one attached hydrogen (secondary N) is 1. The molecule has 1 amide bonds. The Kier molecular flexibility index (Phi) is 6.10. The van der Waals surface area contributed by atoms with Crippen LogP contribution in [-0.4, -0.2) is 28.0 Å². The van der Waals surface area contributed by atoms with Crippen LogP contribution >= 0.6 is 0 Å². The summed E-state index contributed by atoms with van der Waals surface area (Å²) in [5, 5.41) is 22.4. The molecule has 2 N–H and O–H groups in total. The Hall–Kier alpha value is -3.63. The van der Waals surface area contributed by atoms with Gasteiger partial charge in [0.25, 0.3) is 11.6 Å². The summed E-state index contributed by atoms with van der Waals surface area (Å²) in [5.74, 6) is -2.52. The predicted octanol–water partition coefficient (Wildman–Crippen LogP) is 3.81. The number of esters is 1. The van der Waals surface area contributed by atoms with E-state index in [1.165, 1.54) is 18.2 Å². The third-order valence-corrected chi connectivity index (χ3v) is 3.80. The average molecular weight is 412 g/mol. The maximum atomic E-state index is 13.2. The summed E-state index contributed by atoms with van der Waals surface area (Å²) in [4.78, 5) is 33.9. The third-order valence-electron chi connectivity index (χ3n) is 3.80. The second-order valence-electron chi connectivity index (χ2n) is 6.04. The summed E-state index contributed by atoms with van der Waals surface area (Å²) in [6.07, 6.45) is -6.48. The molecule has 0 saturated heterocycles. The van der Waals surface area contributed by atoms with Gasteiger partial charge in [-0.15, -0.1) is 0 Å². The van der Waals surface area contributed by atoms with Crippen LogP contribution in [-0.2, 0) is 15.7 Å². The van der Waals surface area contributed by atoms with Gasteiger partial charge in [0.05, 0.1) is 16.2 Å². The van der Waals surface area contributed by atoms with Gasteiger partial charge in [-0.2, -0.15) is 13.2 Å². The number of hydrogen-bond acceptors (Lipinski definition) is 6. The second-order valence-corrected chi connectivity index (χ2v) is 6.04. The number of ether oxygens (including phenoxy) is 1. The molecule has 0 saturated carbocycles. The highest BCUT2D eigenvalue weighted by Gasteiger charge is 2.36. The van der Waals surface area contributed by atoms with Crippen LogP contribution in [0.25, 0.3) is 0 Å². The summed E-state index contributed by atoms with van der Waals surface area (Å²) >= 11 is 0. The molecule has 0 fully saturated rings. The van der Waals surface area contributed by atoms with E-state index in [-0.39, 0.29) is 17.4 Å². The zero-order chi connectivity index (χ0) is 21.9. The number of non-ortho nitro benzene ring substituents is 1. The molecule has 0 aromatic heterocycles. The van der Waals surface area contributed by atoms with Crippen molar-refractivity contribution in [1.82, 2.24) is 0 Å².